The number of aromatic nitrogens is 2. The second-order valence-corrected chi connectivity index (χ2v) is 7.12. The summed E-state index contributed by atoms with van der Waals surface area (Å²) >= 11 is 0. The lowest BCUT2D eigenvalue weighted by Crippen LogP contribution is -2.40. The number of fused-ring (bicyclic) bond motifs is 1. The molecule has 0 fully saturated rings. The van der Waals surface area contributed by atoms with Crippen LogP contribution in [0.25, 0.3) is 5.69 Å². The Kier molecular flexibility index (Phi) is 6.10. The minimum Gasteiger partial charge on any atom is -0.493 e. The zero-order chi connectivity index (χ0) is 19.9. The number of benzene rings is 2. The Bertz CT molecular complexity index is 934. The third kappa shape index (κ3) is 4.77. The summed E-state index contributed by atoms with van der Waals surface area (Å²) in [5.41, 5.74) is 3.63. The summed E-state index contributed by atoms with van der Waals surface area (Å²) in [5.74, 6) is 2.28. The fourth-order valence-corrected chi connectivity index (χ4v) is 3.63. The highest BCUT2D eigenvalue weighted by Gasteiger charge is 2.20. The zero-order valence-electron chi connectivity index (χ0n) is 16.7. The lowest BCUT2D eigenvalue weighted by Gasteiger charge is -2.26. The molecular weight excluding hydrogens is 362 g/mol. The average Bonchev–Trinajstić information content (AvgIpc) is 3.31. The molecule has 2 heterocycles. The standard InChI is InChI=1S/C23H27N5O/c1-24-23(26-17-19-12-16-29-22-6-3-2-5-21(19)22)25-14-11-18-7-9-20(10-8-18)28-15-4-13-27-28/h2-10,13,15,19H,11-12,14,16-17H2,1H3,(H2,24,25,26). The van der Waals surface area contributed by atoms with Gasteiger partial charge in [0, 0.05) is 38.4 Å². The van der Waals surface area contributed by atoms with E-state index in [9.17, 15) is 0 Å². The van der Waals surface area contributed by atoms with Crippen molar-refractivity contribution < 1.29 is 4.74 Å². The van der Waals surface area contributed by atoms with Crippen LogP contribution in [0.4, 0.5) is 0 Å². The van der Waals surface area contributed by atoms with E-state index in [-0.39, 0.29) is 0 Å². The van der Waals surface area contributed by atoms with Crippen molar-refractivity contribution in [3.05, 3.63) is 78.1 Å². The maximum absolute atomic E-state index is 5.75. The summed E-state index contributed by atoms with van der Waals surface area (Å²) in [4.78, 5) is 4.36. The van der Waals surface area contributed by atoms with Gasteiger partial charge in [0.1, 0.15) is 5.75 Å². The highest BCUT2D eigenvalue weighted by atomic mass is 16.5. The Morgan fingerprint density at radius 3 is 2.79 bits per heavy atom. The third-order valence-electron chi connectivity index (χ3n) is 5.23. The molecule has 150 valence electrons. The van der Waals surface area contributed by atoms with Crippen LogP contribution in [0.15, 0.2) is 72.0 Å². The van der Waals surface area contributed by atoms with Crippen LogP contribution in [-0.4, -0.2) is 42.5 Å². The van der Waals surface area contributed by atoms with Gasteiger partial charge >= 0.3 is 0 Å². The molecule has 1 aliphatic rings. The van der Waals surface area contributed by atoms with Crippen molar-refractivity contribution in [3.63, 3.8) is 0 Å². The Hall–Kier alpha value is -3.28. The van der Waals surface area contributed by atoms with Crippen molar-refractivity contribution in [2.75, 3.05) is 26.7 Å². The van der Waals surface area contributed by atoms with E-state index in [2.05, 4.69) is 57.1 Å². The molecule has 1 unspecified atom stereocenters. The van der Waals surface area contributed by atoms with Crippen LogP contribution in [0, 0.1) is 0 Å². The number of nitrogens with zero attached hydrogens (tertiary/aromatic N) is 3. The van der Waals surface area contributed by atoms with E-state index in [1.807, 2.05) is 36.1 Å². The summed E-state index contributed by atoms with van der Waals surface area (Å²) in [5, 5.41) is 11.1. The fraction of sp³-hybridized carbons (Fsp3) is 0.304. The van der Waals surface area contributed by atoms with Gasteiger partial charge in [-0.25, -0.2) is 4.68 Å². The van der Waals surface area contributed by atoms with Crippen LogP contribution in [0.3, 0.4) is 0 Å². The summed E-state index contributed by atoms with van der Waals surface area (Å²) in [7, 11) is 1.81. The number of hydrogen-bond donors (Lipinski definition) is 2. The highest BCUT2D eigenvalue weighted by Crippen LogP contribution is 2.32. The van der Waals surface area contributed by atoms with Crippen molar-refractivity contribution in [3.8, 4) is 11.4 Å². The average molecular weight is 390 g/mol. The number of rotatable bonds is 6. The second kappa shape index (κ2) is 9.28. The summed E-state index contributed by atoms with van der Waals surface area (Å²) in [6.07, 6.45) is 5.68. The summed E-state index contributed by atoms with van der Waals surface area (Å²) < 4.78 is 7.62. The smallest absolute Gasteiger partial charge is 0.191 e. The van der Waals surface area contributed by atoms with E-state index in [1.54, 1.807) is 6.20 Å². The first-order valence-electron chi connectivity index (χ1n) is 10.1. The second-order valence-electron chi connectivity index (χ2n) is 7.12. The van der Waals surface area contributed by atoms with Crippen LogP contribution >= 0.6 is 0 Å². The van der Waals surface area contributed by atoms with Gasteiger partial charge in [-0.2, -0.15) is 5.10 Å². The lowest BCUT2D eigenvalue weighted by molar-refractivity contribution is 0.267. The fourth-order valence-electron chi connectivity index (χ4n) is 3.63. The molecule has 6 heteroatoms. The Morgan fingerprint density at radius 1 is 1.14 bits per heavy atom. The molecule has 29 heavy (non-hydrogen) atoms. The van der Waals surface area contributed by atoms with E-state index in [4.69, 9.17) is 4.74 Å². The number of hydrogen-bond acceptors (Lipinski definition) is 3. The van der Waals surface area contributed by atoms with Gasteiger partial charge in [-0.3, -0.25) is 4.99 Å². The molecule has 3 aromatic rings. The first-order valence-corrected chi connectivity index (χ1v) is 10.1. The maximum Gasteiger partial charge on any atom is 0.191 e. The molecular formula is C23H27N5O. The number of guanidine groups is 1. The predicted molar refractivity (Wildman–Crippen MR) is 116 cm³/mol. The highest BCUT2D eigenvalue weighted by molar-refractivity contribution is 5.79. The first kappa shape index (κ1) is 19.1. The van der Waals surface area contributed by atoms with Crippen LogP contribution in [0.1, 0.15) is 23.5 Å². The van der Waals surface area contributed by atoms with Gasteiger partial charge in [-0.1, -0.05) is 30.3 Å². The first-order chi connectivity index (χ1) is 14.3. The molecule has 0 saturated heterocycles. The quantitative estimate of drug-likeness (QED) is 0.502. The minimum absolute atomic E-state index is 0.438. The maximum atomic E-state index is 5.75. The normalized spacial score (nSPS) is 16.0. The number of para-hydroxylation sites is 1. The monoisotopic (exact) mass is 389 g/mol. The van der Waals surface area contributed by atoms with Gasteiger partial charge in [0.2, 0.25) is 0 Å². The van der Waals surface area contributed by atoms with Crippen molar-refractivity contribution in [1.29, 1.82) is 0 Å². The lowest BCUT2D eigenvalue weighted by atomic mass is 9.93. The number of nitrogens with one attached hydrogen (secondary N) is 2. The third-order valence-corrected chi connectivity index (χ3v) is 5.23. The largest absolute Gasteiger partial charge is 0.493 e. The molecule has 0 saturated carbocycles. The van der Waals surface area contributed by atoms with Crippen molar-refractivity contribution >= 4 is 5.96 Å². The van der Waals surface area contributed by atoms with Crippen molar-refractivity contribution in [2.45, 2.75) is 18.8 Å². The molecule has 2 N–H and O–H groups in total. The molecule has 6 nitrogen and oxygen atoms in total. The number of aliphatic imine (C=N–C) groups is 1. The van der Waals surface area contributed by atoms with Crippen molar-refractivity contribution in [2.24, 2.45) is 4.99 Å². The van der Waals surface area contributed by atoms with E-state index in [0.717, 1.165) is 49.9 Å². The molecule has 2 aromatic carbocycles. The van der Waals surface area contributed by atoms with Gasteiger partial charge in [-0.05, 0) is 48.2 Å². The Labute approximate surface area is 171 Å². The minimum atomic E-state index is 0.438. The van der Waals surface area contributed by atoms with Crippen LogP contribution in [0.5, 0.6) is 5.75 Å². The van der Waals surface area contributed by atoms with E-state index in [0.29, 0.717) is 5.92 Å². The molecule has 0 aliphatic carbocycles. The molecule has 1 aliphatic heterocycles. The summed E-state index contributed by atoms with van der Waals surface area (Å²) in [6.45, 7) is 2.44. The molecule has 0 bridgehead atoms. The Morgan fingerprint density at radius 2 is 2.00 bits per heavy atom. The molecule has 4 rings (SSSR count). The van der Waals surface area contributed by atoms with Crippen LogP contribution in [-0.2, 0) is 6.42 Å². The van der Waals surface area contributed by atoms with Gasteiger partial charge in [-0.15, -0.1) is 0 Å². The summed E-state index contributed by atoms with van der Waals surface area (Å²) in [6, 6.07) is 18.7. The van der Waals surface area contributed by atoms with Crippen LogP contribution in [0.2, 0.25) is 0 Å². The molecule has 1 aromatic heterocycles. The van der Waals surface area contributed by atoms with Crippen LogP contribution < -0.4 is 15.4 Å². The topological polar surface area (TPSA) is 63.5 Å². The van der Waals surface area contributed by atoms with E-state index in [1.165, 1.54) is 11.1 Å². The Balaban J connectivity index is 1.25. The van der Waals surface area contributed by atoms with E-state index >= 15 is 0 Å². The van der Waals surface area contributed by atoms with Gasteiger partial charge in [0.05, 0.1) is 12.3 Å². The SMILES string of the molecule is CN=C(NCCc1ccc(-n2cccn2)cc1)NCC1CCOc2ccccc21. The predicted octanol–water partition coefficient (Wildman–Crippen LogP) is 3.15. The van der Waals surface area contributed by atoms with Gasteiger partial charge in [0.25, 0.3) is 0 Å². The van der Waals surface area contributed by atoms with E-state index < -0.39 is 0 Å². The van der Waals surface area contributed by atoms with Crippen molar-refractivity contribution in [1.82, 2.24) is 20.4 Å². The molecule has 1 atom stereocenters. The number of ether oxygens (including phenoxy) is 1. The van der Waals surface area contributed by atoms with Gasteiger partial charge < -0.3 is 15.4 Å². The van der Waals surface area contributed by atoms with Gasteiger partial charge in [0.15, 0.2) is 5.96 Å². The zero-order valence-corrected chi connectivity index (χ0v) is 16.7. The molecule has 0 spiro atoms. The molecule has 0 amide bonds. The molecule has 0 radical (unpaired) electrons.